The normalized spacial score (nSPS) is 15.6. The molecule has 3 amide bonds. The Morgan fingerprint density at radius 2 is 1.87 bits per heavy atom. The van der Waals surface area contributed by atoms with Gasteiger partial charge in [-0.25, -0.2) is 0 Å². The molecule has 8 nitrogen and oxygen atoms in total. The van der Waals surface area contributed by atoms with Gasteiger partial charge in [-0.3, -0.25) is 14.4 Å². The zero-order valence-corrected chi connectivity index (χ0v) is 17.3. The number of amides is 3. The smallest absolute Gasteiger partial charge is 0.262 e. The summed E-state index contributed by atoms with van der Waals surface area (Å²) in [5, 5.41) is 5.69. The van der Waals surface area contributed by atoms with Crippen molar-refractivity contribution >= 4 is 34.8 Å². The van der Waals surface area contributed by atoms with Crippen LogP contribution >= 0.6 is 0 Å². The molecule has 2 aromatic rings. The fourth-order valence-electron chi connectivity index (χ4n) is 3.98. The molecule has 162 valence electrons. The third-order valence-corrected chi connectivity index (χ3v) is 5.59. The molecule has 2 aromatic carbocycles. The van der Waals surface area contributed by atoms with Crippen LogP contribution in [0.3, 0.4) is 0 Å². The first-order valence-corrected chi connectivity index (χ1v) is 10.5. The molecule has 0 aromatic heterocycles. The van der Waals surface area contributed by atoms with Crippen LogP contribution in [0, 0.1) is 0 Å². The SMILES string of the molecule is NC(=O)c1ccc(N2CCCCC2)c(NC(=O)COc2ccc3c(c2)CCC(=O)N3)c1. The molecular formula is C23H26N4O4. The summed E-state index contributed by atoms with van der Waals surface area (Å²) < 4.78 is 5.67. The van der Waals surface area contributed by atoms with E-state index in [1.165, 1.54) is 6.42 Å². The highest BCUT2D eigenvalue weighted by molar-refractivity contribution is 6.00. The van der Waals surface area contributed by atoms with Crippen molar-refractivity contribution in [3.8, 4) is 5.75 Å². The molecule has 4 rings (SSSR count). The summed E-state index contributed by atoms with van der Waals surface area (Å²) in [7, 11) is 0. The largest absolute Gasteiger partial charge is 0.484 e. The summed E-state index contributed by atoms with van der Waals surface area (Å²) in [5.74, 6) is -0.306. The molecule has 0 saturated carbocycles. The third-order valence-electron chi connectivity index (χ3n) is 5.59. The second-order valence-corrected chi connectivity index (χ2v) is 7.85. The Bertz CT molecular complexity index is 1010. The van der Waals surface area contributed by atoms with Crippen molar-refractivity contribution in [2.24, 2.45) is 5.73 Å². The van der Waals surface area contributed by atoms with Gasteiger partial charge in [0.2, 0.25) is 11.8 Å². The molecule has 2 aliphatic rings. The minimum absolute atomic E-state index is 0.00301. The van der Waals surface area contributed by atoms with Gasteiger partial charge in [0, 0.05) is 30.8 Å². The predicted molar refractivity (Wildman–Crippen MR) is 119 cm³/mol. The maximum atomic E-state index is 12.6. The lowest BCUT2D eigenvalue weighted by molar-refractivity contribution is -0.118. The summed E-state index contributed by atoms with van der Waals surface area (Å²) >= 11 is 0. The van der Waals surface area contributed by atoms with Crippen LogP contribution in [0.2, 0.25) is 0 Å². The van der Waals surface area contributed by atoms with Crippen molar-refractivity contribution in [2.45, 2.75) is 32.1 Å². The number of benzene rings is 2. The fourth-order valence-corrected chi connectivity index (χ4v) is 3.98. The van der Waals surface area contributed by atoms with Crippen LogP contribution in [-0.2, 0) is 16.0 Å². The quantitative estimate of drug-likeness (QED) is 0.662. The van der Waals surface area contributed by atoms with Gasteiger partial charge in [0.25, 0.3) is 5.91 Å². The Kier molecular flexibility index (Phi) is 6.06. The molecule has 0 atom stereocenters. The van der Waals surface area contributed by atoms with Crippen molar-refractivity contribution in [3.05, 3.63) is 47.5 Å². The van der Waals surface area contributed by atoms with E-state index in [1.54, 1.807) is 24.3 Å². The number of nitrogens with zero attached hydrogens (tertiary/aromatic N) is 1. The highest BCUT2D eigenvalue weighted by atomic mass is 16.5. The number of rotatable bonds is 6. The standard InChI is InChI=1S/C23H26N4O4/c24-23(30)16-4-8-20(27-10-2-1-3-11-27)19(13-16)26-22(29)14-31-17-6-7-18-15(12-17)5-9-21(28)25-18/h4,6-8,12-13H,1-3,5,9-11,14H2,(H2,24,30)(H,25,28)(H,26,29). The molecule has 4 N–H and O–H groups in total. The van der Waals surface area contributed by atoms with E-state index in [1.807, 2.05) is 12.1 Å². The van der Waals surface area contributed by atoms with Gasteiger partial charge in [-0.05, 0) is 67.6 Å². The van der Waals surface area contributed by atoms with E-state index < -0.39 is 5.91 Å². The lowest BCUT2D eigenvalue weighted by Crippen LogP contribution is -2.31. The number of hydrogen-bond donors (Lipinski definition) is 3. The summed E-state index contributed by atoms with van der Waals surface area (Å²) in [6.07, 6.45) is 4.45. The molecule has 0 unspecified atom stereocenters. The van der Waals surface area contributed by atoms with Gasteiger partial charge in [-0.1, -0.05) is 0 Å². The molecule has 1 saturated heterocycles. The molecule has 8 heteroatoms. The van der Waals surface area contributed by atoms with Gasteiger partial charge in [0.05, 0.1) is 11.4 Å². The molecule has 0 bridgehead atoms. The Morgan fingerprint density at radius 1 is 1.06 bits per heavy atom. The van der Waals surface area contributed by atoms with Crippen LogP contribution in [0.1, 0.15) is 41.6 Å². The maximum absolute atomic E-state index is 12.6. The van der Waals surface area contributed by atoms with Gasteiger partial charge in [-0.2, -0.15) is 0 Å². The molecule has 2 heterocycles. The number of nitrogens with two attached hydrogens (primary N) is 1. The molecule has 31 heavy (non-hydrogen) atoms. The zero-order valence-electron chi connectivity index (χ0n) is 17.3. The number of hydrogen-bond acceptors (Lipinski definition) is 5. The van der Waals surface area contributed by atoms with Crippen LogP contribution in [0.5, 0.6) is 5.75 Å². The van der Waals surface area contributed by atoms with Crippen molar-refractivity contribution in [3.63, 3.8) is 0 Å². The number of ether oxygens (including phenoxy) is 1. The number of nitrogens with one attached hydrogen (secondary N) is 2. The molecular weight excluding hydrogens is 396 g/mol. The number of anilines is 3. The first-order chi connectivity index (χ1) is 15.0. The molecule has 2 aliphatic heterocycles. The average molecular weight is 422 g/mol. The van der Waals surface area contributed by atoms with Crippen LogP contribution in [0.25, 0.3) is 0 Å². The van der Waals surface area contributed by atoms with E-state index in [9.17, 15) is 14.4 Å². The number of carbonyl (C=O) groups is 3. The minimum atomic E-state index is -0.543. The topological polar surface area (TPSA) is 114 Å². The van der Waals surface area contributed by atoms with Gasteiger partial charge in [0.1, 0.15) is 5.75 Å². The van der Waals surface area contributed by atoms with E-state index in [0.29, 0.717) is 29.8 Å². The third kappa shape index (κ3) is 4.96. The number of fused-ring (bicyclic) bond motifs is 1. The Labute approximate surface area is 180 Å². The predicted octanol–water partition coefficient (Wildman–Crippen LogP) is 2.68. The van der Waals surface area contributed by atoms with Crippen molar-refractivity contribution < 1.29 is 19.1 Å². The average Bonchev–Trinajstić information content (AvgIpc) is 2.78. The van der Waals surface area contributed by atoms with Crippen LogP contribution in [0.15, 0.2) is 36.4 Å². The number of aryl methyl sites for hydroxylation is 1. The summed E-state index contributed by atoms with van der Waals surface area (Å²) in [6.45, 7) is 1.63. The van der Waals surface area contributed by atoms with Crippen molar-refractivity contribution in [1.29, 1.82) is 0 Å². The van der Waals surface area contributed by atoms with Crippen molar-refractivity contribution in [2.75, 3.05) is 35.2 Å². The van der Waals surface area contributed by atoms with Gasteiger partial charge in [0.15, 0.2) is 6.61 Å². The summed E-state index contributed by atoms with van der Waals surface area (Å²) in [5.41, 5.74) is 8.96. The first-order valence-electron chi connectivity index (χ1n) is 10.5. The van der Waals surface area contributed by atoms with Crippen LogP contribution in [0.4, 0.5) is 17.1 Å². The Balaban J connectivity index is 1.44. The fraction of sp³-hybridized carbons (Fsp3) is 0.348. The van der Waals surface area contributed by atoms with Gasteiger partial charge < -0.3 is 26.0 Å². The monoisotopic (exact) mass is 422 g/mol. The lowest BCUT2D eigenvalue weighted by Gasteiger charge is -2.30. The van der Waals surface area contributed by atoms with E-state index in [-0.39, 0.29) is 18.4 Å². The molecule has 0 radical (unpaired) electrons. The van der Waals surface area contributed by atoms with Gasteiger partial charge >= 0.3 is 0 Å². The van der Waals surface area contributed by atoms with E-state index in [4.69, 9.17) is 10.5 Å². The highest BCUT2D eigenvalue weighted by Gasteiger charge is 2.18. The lowest BCUT2D eigenvalue weighted by atomic mass is 10.0. The van der Waals surface area contributed by atoms with E-state index in [2.05, 4.69) is 15.5 Å². The van der Waals surface area contributed by atoms with Crippen LogP contribution < -0.4 is 26.0 Å². The van der Waals surface area contributed by atoms with Crippen molar-refractivity contribution in [1.82, 2.24) is 0 Å². The summed E-state index contributed by atoms with van der Waals surface area (Å²) in [4.78, 5) is 37.9. The van der Waals surface area contributed by atoms with Crippen LogP contribution in [-0.4, -0.2) is 37.4 Å². The van der Waals surface area contributed by atoms with E-state index in [0.717, 1.165) is 42.9 Å². The zero-order chi connectivity index (χ0) is 21.8. The highest BCUT2D eigenvalue weighted by Crippen LogP contribution is 2.30. The van der Waals surface area contributed by atoms with E-state index >= 15 is 0 Å². The number of carbonyl (C=O) groups excluding carboxylic acids is 3. The summed E-state index contributed by atoms with van der Waals surface area (Å²) in [6, 6.07) is 10.5. The Hall–Kier alpha value is -3.55. The minimum Gasteiger partial charge on any atom is -0.484 e. The second-order valence-electron chi connectivity index (χ2n) is 7.85. The molecule has 0 spiro atoms. The Morgan fingerprint density at radius 3 is 2.65 bits per heavy atom. The number of primary amides is 1. The second kappa shape index (κ2) is 9.07. The molecule has 0 aliphatic carbocycles. The molecule has 1 fully saturated rings. The number of piperidine rings is 1. The van der Waals surface area contributed by atoms with Gasteiger partial charge in [-0.15, -0.1) is 0 Å². The maximum Gasteiger partial charge on any atom is 0.262 e. The first kappa shape index (κ1) is 20.7.